The second-order valence-electron chi connectivity index (χ2n) is 4.74. The van der Waals surface area contributed by atoms with Crippen LogP contribution in [0.1, 0.15) is 38.3 Å². The van der Waals surface area contributed by atoms with Crippen LogP contribution < -0.4 is 0 Å². The molecule has 1 rings (SSSR count). The monoisotopic (exact) mass is 246 g/mol. The summed E-state index contributed by atoms with van der Waals surface area (Å²) >= 11 is 0. The molecule has 0 aromatic heterocycles. The summed E-state index contributed by atoms with van der Waals surface area (Å²) in [4.78, 5) is 0. The van der Waals surface area contributed by atoms with Gasteiger partial charge in [0, 0.05) is 12.0 Å². The maximum atomic E-state index is 8.67. The lowest BCUT2D eigenvalue weighted by atomic mass is 10.1. The summed E-state index contributed by atoms with van der Waals surface area (Å²) in [5.74, 6) is 6.48. The third-order valence-corrected chi connectivity index (χ3v) is 2.85. The van der Waals surface area contributed by atoms with Gasteiger partial charge in [0.05, 0.1) is 19.3 Å². The van der Waals surface area contributed by atoms with E-state index >= 15 is 0 Å². The first-order valence-electron chi connectivity index (χ1n) is 6.43. The van der Waals surface area contributed by atoms with Crippen LogP contribution in [0.4, 0.5) is 0 Å². The summed E-state index contributed by atoms with van der Waals surface area (Å²) in [5.41, 5.74) is 2.11. The van der Waals surface area contributed by atoms with Crippen LogP contribution in [0.5, 0.6) is 0 Å². The molecule has 0 aliphatic carbocycles. The third-order valence-electron chi connectivity index (χ3n) is 2.85. The van der Waals surface area contributed by atoms with E-state index in [2.05, 4.69) is 32.6 Å². The fourth-order valence-corrected chi connectivity index (χ4v) is 1.38. The molecule has 0 heterocycles. The van der Waals surface area contributed by atoms with Gasteiger partial charge in [0.1, 0.15) is 0 Å². The number of aliphatic hydroxyl groups excluding tert-OH is 1. The Morgan fingerprint density at radius 1 is 1.28 bits per heavy atom. The lowest BCUT2D eigenvalue weighted by molar-refractivity contribution is 0.0235. The summed E-state index contributed by atoms with van der Waals surface area (Å²) in [6, 6.07) is 8.04. The van der Waals surface area contributed by atoms with Crippen LogP contribution in [0.2, 0.25) is 0 Å². The molecule has 18 heavy (non-hydrogen) atoms. The van der Waals surface area contributed by atoms with E-state index in [-0.39, 0.29) is 12.7 Å². The molecule has 0 bridgehead atoms. The minimum absolute atomic E-state index is 0.113. The van der Waals surface area contributed by atoms with Gasteiger partial charge >= 0.3 is 0 Å². The first-order valence-corrected chi connectivity index (χ1v) is 6.43. The number of hydrogen-bond donors (Lipinski definition) is 1. The van der Waals surface area contributed by atoms with Crippen molar-refractivity contribution >= 4 is 0 Å². The SMILES string of the molecule is CC(C)C(C)OCc1cccc(C#CCCO)c1. The Kier molecular flexibility index (Phi) is 6.49. The number of rotatable bonds is 5. The van der Waals surface area contributed by atoms with Gasteiger partial charge in [-0.2, -0.15) is 0 Å². The molecule has 2 nitrogen and oxygen atoms in total. The van der Waals surface area contributed by atoms with Gasteiger partial charge < -0.3 is 9.84 Å². The van der Waals surface area contributed by atoms with Crippen molar-refractivity contribution in [2.45, 2.75) is 39.9 Å². The van der Waals surface area contributed by atoms with Crippen molar-refractivity contribution in [3.8, 4) is 11.8 Å². The minimum Gasteiger partial charge on any atom is -0.395 e. The van der Waals surface area contributed by atoms with E-state index in [1.165, 1.54) is 0 Å². The highest BCUT2D eigenvalue weighted by Crippen LogP contribution is 2.11. The zero-order valence-corrected chi connectivity index (χ0v) is 11.4. The molecule has 0 spiro atoms. The maximum Gasteiger partial charge on any atom is 0.0721 e. The van der Waals surface area contributed by atoms with Crippen molar-refractivity contribution in [1.29, 1.82) is 0 Å². The third kappa shape index (κ3) is 5.35. The topological polar surface area (TPSA) is 29.5 Å². The van der Waals surface area contributed by atoms with Crippen LogP contribution in [-0.2, 0) is 11.3 Å². The fourth-order valence-electron chi connectivity index (χ4n) is 1.38. The van der Waals surface area contributed by atoms with Crippen molar-refractivity contribution in [3.05, 3.63) is 35.4 Å². The van der Waals surface area contributed by atoms with Crippen molar-refractivity contribution < 1.29 is 9.84 Å². The van der Waals surface area contributed by atoms with Crippen LogP contribution in [0.3, 0.4) is 0 Å². The van der Waals surface area contributed by atoms with Gasteiger partial charge in [-0.25, -0.2) is 0 Å². The number of ether oxygens (including phenoxy) is 1. The predicted octanol–water partition coefficient (Wildman–Crippen LogP) is 2.98. The molecule has 0 saturated heterocycles. The lowest BCUT2D eigenvalue weighted by Gasteiger charge is -2.16. The highest BCUT2D eigenvalue weighted by Gasteiger charge is 2.07. The van der Waals surface area contributed by atoms with Gasteiger partial charge in [-0.15, -0.1) is 0 Å². The van der Waals surface area contributed by atoms with Gasteiger partial charge in [-0.1, -0.05) is 37.8 Å². The van der Waals surface area contributed by atoms with Gasteiger partial charge in [0.15, 0.2) is 0 Å². The van der Waals surface area contributed by atoms with Gasteiger partial charge in [-0.3, -0.25) is 0 Å². The van der Waals surface area contributed by atoms with E-state index in [0.29, 0.717) is 18.9 Å². The minimum atomic E-state index is 0.113. The molecule has 1 aromatic rings. The van der Waals surface area contributed by atoms with E-state index < -0.39 is 0 Å². The number of aliphatic hydroxyl groups is 1. The zero-order valence-electron chi connectivity index (χ0n) is 11.4. The first kappa shape index (κ1) is 14.8. The van der Waals surface area contributed by atoms with Crippen molar-refractivity contribution in [2.75, 3.05) is 6.61 Å². The largest absolute Gasteiger partial charge is 0.395 e. The number of benzene rings is 1. The Morgan fingerprint density at radius 2 is 2.06 bits per heavy atom. The molecular formula is C16H22O2. The molecular weight excluding hydrogens is 224 g/mol. The maximum absolute atomic E-state index is 8.67. The Hall–Kier alpha value is -1.30. The van der Waals surface area contributed by atoms with Gasteiger partial charge in [0.2, 0.25) is 0 Å². The molecule has 0 radical (unpaired) electrons. The highest BCUT2D eigenvalue weighted by molar-refractivity contribution is 5.36. The molecule has 1 N–H and O–H groups in total. The predicted molar refractivity (Wildman–Crippen MR) is 74.1 cm³/mol. The molecule has 98 valence electrons. The molecule has 0 fully saturated rings. The van der Waals surface area contributed by atoms with Crippen LogP contribution in [0.15, 0.2) is 24.3 Å². The Bertz CT molecular complexity index is 413. The first-order chi connectivity index (χ1) is 8.63. The Balaban J connectivity index is 2.57. The number of hydrogen-bond acceptors (Lipinski definition) is 2. The summed E-state index contributed by atoms with van der Waals surface area (Å²) in [6.45, 7) is 7.13. The lowest BCUT2D eigenvalue weighted by Crippen LogP contribution is -2.15. The van der Waals surface area contributed by atoms with E-state index in [9.17, 15) is 0 Å². The average Bonchev–Trinajstić information content (AvgIpc) is 2.36. The second-order valence-corrected chi connectivity index (χ2v) is 4.74. The van der Waals surface area contributed by atoms with Crippen LogP contribution in [-0.4, -0.2) is 17.8 Å². The smallest absolute Gasteiger partial charge is 0.0721 e. The summed E-state index contributed by atoms with van der Waals surface area (Å²) in [5, 5.41) is 8.67. The summed E-state index contributed by atoms with van der Waals surface area (Å²) in [6.07, 6.45) is 0.777. The average molecular weight is 246 g/mol. The van der Waals surface area contributed by atoms with Gasteiger partial charge in [0.25, 0.3) is 0 Å². The zero-order chi connectivity index (χ0) is 13.4. The molecule has 2 heteroatoms. The second kappa shape index (κ2) is 7.92. The molecule has 0 aliphatic heterocycles. The van der Waals surface area contributed by atoms with E-state index in [4.69, 9.17) is 9.84 Å². The standard InChI is InChI=1S/C16H22O2/c1-13(2)14(3)18-12-16-9-6-8-15(11-16)7-4-5-10-17/h6,8-9,11,13-14,17H,5,10,12H2,1-3H3. The van der Waals surface area contributed by atoms with Crippen LogP contribution in [0.25, 0.3) is 0 Å². The summed E-state index contributed by atoms with van der Waals surface area (Å²) < 4.78 is 5.78. The van der Waals surface area contributed by atoms with Crippen molar-refractivity contribution in [3.63, 3.8) is 0 Å². The van der Waals surface area contributed by atoms with E-state index in [1.54, 1.807) is 0 Å². The van der Waals surface area contributed by atoms with E-state index in [1.807, 2.05) is 24.3 Å². The molecule has 0 amide bonds. The summed E-state index contributed by atoms with van der Waals surface area (Å²) in [7, 11) is 0. The molecule has 1 atom stereocenters. The molecule has 1 unspecified atom stereocenters. The molecule has 0 saturated carbocycles. The van der Waals surface area contributed by atoms with Crippen molar-refractivity contribution in [1.82, 2.24) is 0 Å². The van der Waals surface area contributed by atoms with Crippen molar-refractivity contribution in [2.24, 2.45) is 5.92 Å². The van der Waals surface area contributed by atoms with Crippen LogP contribution in [0, 0.1) is 17.8 Å². The molecule has 1 aromatic carbocycles. The fraction of sp³-hybridized carbons (Fsp3) is 0.500. The van der Waals surface area contributed by atoms with Gasteiger partial charge in [-0.05, 0) is 30.5 Å². The quantitative estimate of drug-likeness (QED) is 0.809. The Labute approximate surface area is 110 Å². The Morgan fingerprint density at radius 3 is 2.72 bits per heavy atom. The van der Waals surface area contributed by atoms with E-state index in [0.717, 1.165) is 11.1 Å². The highest BCUT2D eigenvalue weighted by atomic mass is 16.5. The van der Waals surface area contributed by atoms with Crippen LogP contribution >= 0.6 is 0 Å². The normalized spacial score (nSPS) is 12.1. The molecule has 0 aliphatic rings.